The van der Waals surface area contributed by atoms with E-state index in [-0.39, 0.29) is 11.7 Å². The number of nitrogens with zero attached hydrogens (tertiary/aromatic N) is 3. The Morgan fingerprint density at radius 3 is 2.81 bits per heavy atom. The first-order chi connectivity index (χ1) is 12.6. The topological polar surface area (TPSA) is 59.2 Å². The fraction of sp³-hybridized carbons (Fsp3) is 0.250. The van der Waals surface area contributed by atoms with E-state index >= 15 is 0 Å². The minimum absolute atomic E-state index is 0.0377. The highest BCUT2D eigenvalue weighted by Gasteiger charge is 2.24. The molecule has 1 aromatic carbocycles. The fourth-order valence-corrected chi connectivity index (χ4v) is 3.39. The first-order valence-corrected chi connectivity index (χ1v) is 8.55. The molecule has 0 saturated heterocycles. The van der Waals surface area contributed by atoms with Gasteiger partial charge in [-0.1, -0.05) is 12.1 Å². The second-order valence-corrected chi connectivity index (χ2v) is 6.34. The Bertz CT molecular complexity index is 967. The number of carbonyl (C=O) groups excluding carboxylic acids is 1. The van der Waals surface area contributed by atoms with Crippen molar-refractivity contribution in [3.05, 3.63) is 71.3 Å². The van der Waals surface area contributed by atoms with Gasteiger partial charge >= 0.3 is 0 Å². The zero-order chi connectivity index (χ0) is 18.1. The smallest absolute Gasteiger partial charge is 0.257 e. The molecule has 3 heterocycles. The molecular weight excluding hydrogens is 333 g/mol. The Morgan fingerprint density at radius 2 is 2.04 bits per heavy atom. The lowest BCUT2D eigenvalue weighted by molar-refractivity contribution is 0.0761. The number of amides is 1. The van der Waals surface area contributed by atoms with E-state index < -0.39 is 0 Å². The van der Waals surface area contributed by atoms with E-state index in [9.17, 15) is 9.18 Å². The van der Waals surface area contributed by atoms with Crippen LogP contribution in [0.4, 0.5) is 4.39 Å². The van der Waals surface area contributed by atoms with Gasteiger partial charge in [0.1, 0.15) is 17.9 Å². The number of furan rings is 1. The van der Waals surface area contributed by atoms with E-state index in [0.29, 0.717) is 37.3 Å². The second kappa shape index (κ2) is 6.71. The molecule has 132 valence electrons. The first-order valence-electron chi connectivity index (χ1n) is 8.55. The van der Waals surface area contributed by atoms with Gasteiger partial charge in [-0.15, -0.1) is 0 Å². The van der Waals surface area contributed by atoms with Gasteiger partial charge in [0.25, 0.3) is 5.91 Å². The molecule has 0 unspecified atom stereocenters. The lowest BCUT2D eigenvalue weighted by Gasteiger charge is -2.19. The van der Waals surface area contributed by atoms with Crippen LogP contribution in [0.15, 0.2) is 47.3 Å². The van der Waals surface area contributed by atoms with Crippen molar-refractivity contribution in [2.45, 2.75) is 19.8 Å². The standard InChI is InChI=1S/C20H18FN3O2/c1-13-16(7-10-26-13)20(25)24-8-5-17-18(6-9-24)22-12-23-19(17)14-3-2-4-15(21)11-14/h2-4,7,10-12H,5-6,8-9H2,1H3. The number of carbonyl (C=O) groups is 1. The molecule has 0 saturated carbocycles. The quantitative estimate of drug-likeness (QED) is 0.710. The van der Waals surface area contributed by atoms with Crippen molar-refractivity contribution in [3.63, 3.8) is 0 Å². The molecule has 26 heavy (non-hydrogen) atoms. The third kappa shape index (κ3) is 2.98. The molecule has 4 rings (SSSR count). The number of aryl methyl sites for hydroxylation is 1. The van der Waals surface area contributed by atoms with Gasteiger partial charge in [0.2, 0.25) is 0 Å². The van der Waals surface area contributed by atoms with E-state index in [1.54, 1.807) is 19.1 Å². The summed E-state index contributed by atoms with van der Waals surface area (Å²) >= 11 is 0. The van der Waals surface area contributed by atoms with Gasteiger partial charge in [0, 0.05) is 36.3 Å². The summed E-state index contributed by atoms with van der Waals surface area (Å²) in [4.78, 5) is 23.4. The van der Waals surface area contributed by atoms with Crippen LogP contribution in [0.2, 0.25) is 0 Å². The molecule has 1 aliphatic heterocycles. The van der Waals surface area contributed by atoms with Crippen molar-refractivity contribution in [1.29, 1.82) is 0 Å². The molecule has 0 atom stereocenters. The number of hydrogen-bond acceptors (Lipinski definition) is 4. The van der Waals surface area contributed by atoms with Crippen molar-refractivity contribution in [3.8, 4) is 11.3 Å². The molecule has 1 amide bonds. The molecule has 3 aromatic rings. The lowest BCUT2D eigenvalue weighted by Crippen LogP contribution is -2.33. The summed E-state index contributed by atoms with van der Waals surface area (Å²) in [7, 11) is 0. The van der Waals surface area contributed by atoms with E-state index in [1.165, 1.54) is 24.7 Å². The Labute approximate surface area is 150 Å². The number of hydrogen-bond donors (Lipinski definition) is 0. The van der Waals surface area contributed by atoms with Crippen LogP contribution in [-0.4, -0.2) is 33.9 Å². The Kier molecular flexibility index (Phi) is 4.24. The summed E-state index contributed by atoms with van der Waals surface area (Å²) in [6.07, 6.45) is 4.31. The summed E-state index contributed by atoms with van der Waals surface area (Å²) in [6, 6.07) is 8.11. The molecule has 0 fully saturated rings. The van der Waals surface area contributed by atoms with Crippen molar-refractivity contribution in [1.82, 2.24) is 14.9 Å². The van der Waals surface area contributed by atoms with Crippen LogP contribution in [0.3, 0.4) is 0 Å². The molecule has 5 nitrogen and oxygen atoms in total. The summed E-state index contributed by atoms with van der Waals surface area (Å²) in [5.41, 5.74) is 3.96. The summed E-state index contributed by atoms with van der Waals surface area (Å²) in [5, 5.41) is 0. The molecule has 0 aliphatic carbocycles. The number of aromatic nitrogens is 2. The molecule has 0 spiro atoms. The predicted molar refractivity (Wildman–Crippen MR) is 94.2 cm³/mol. The Hall–Kier alpha value is -3.02. The van der Waals surface area contributed by atoms with Gasteiger partial charge in [0.15, 0.2) is 0 Å². The maximum absolute atomic E-state index is 13.6. The van der Waals surface area contributed by atoms with E-state index in [2.05, 4.69) is 9.97 Å². The zero-order valence-corrected chi connectivity index (χ0v) is 14.4. The van der Waals surface area contributed by atoms with Gasteiger partial charge < -0.3 is 9.32 Å². The third-order valence-corrected chi connectivity index (χ3v) is 4.76. The van der Waals surface area contributed by atoms with E-state index in [4.69, 9.17) is 4.42 Å². The Balaban J connectivity index is 1.64. The number of rotatable bonds is 2. The number of halogens is 1. The largest absolute Gasteiger partial charge is 0.469 e. The maximum atomic E-state index is 13.6. The lowest BCUT2D eigenvalue weighted by atomic mass is 10.0. The zero-order valence-electron chi connectivity index (χ0n) is 14.4. The van der Waals surface area contributed by atoms with Gasteiger partial charge in [-0.2, -0.15) is 0 Å². The summed E-state index contributed by atoms with van der Waals surface area (Å²) < 4.78 is 18.9. The molecular formula is C20H18FN3O2. The third-order valence-electron chi connectivity index (χ3n) is 4.76. The highest BCUT2D eigenvalue weighted by molar-refractivity contribution is 5.95. The average molecular weight is 351 g/mol. The van der Waals surface area contributed by atoms with Crippen molar-refractivity contribution < 1.29 is 13.6 Å². The minimum atomic E-state index is -0.296. The van der Waals surface area contributed by atoms with Crippen LogP contribution in [0.1, 0.15) is 27.4 Å². The van der Waals surface area contributed by atoms with E-state index in [1.807, 2.05) is 11.0 Å². The van der Waals surface area contributed by atoms with Gasteiger partial charge in [-0.3, -0.25) is 4.79 Å². The van der Waals surface area contributed by atoms with Crippen molar-refractivity contribution in [2.24, 2.45) is 0 Å². The second-order valence-electron chi connectivity index (χ2n) is 6.34. The van der Waals surface area contributed by atoms with Crippen molar-refractivity contribution >= 4 is 5.91 Å². The van der Waals surface area contributed by atoms with Crippen LogP contribution in [-0.2, 0) is 12.8 Å². The maximum Gasteiger partial charge on any atom is 0.257 e. The fourth-order valence-electron chi connectivity index (χ4n) is 3.39. The molecule has 2 aromatic heterocycles. The molecule has 1 aliphatic rings. The van der Waals surface area contributed by atoms with Crippen LogP contribution >= 0.6 is 0 Å². The van der Waals surface area contributed by atoms with Crippen LogP contribution in [0.25, 0.3) is 11.3 Å². The monoisotopic (exact) mass is 351 g/mol. The number of benzene rings is 1. The van der Waals surface area contributed by atoms with Crippen LogP contribution in [0, 0.1) is 12.7 Å². The van der Waals surface area contributed by atoms with Gasteiger partial charge in [-0.25, -0.2) is 14.4 Å². The highest BCUT2D eigenvalue weighted by atomic mass is 19.1. The summed E-state index contributed by atoms with van der Waals surface area (Å²) in [6.45, 7) is 2.93. The average Bonchev–Trinajstić information content (AvgIpc) is 2.95. The van der Waals surface area contributed by atoms with E-state index in [0.717, 1.165) is 22.5 Å². The normalized spacial score (nSPS) is 14.0. The van der Waals surface area contributed by atoms with Crippen LogP contribution < -0.4 is 0 Å². The summed E-state index contributed by atoms with van der Waals surface area (Å²) in [5.74, 6) is 0.289. The molecule has 0 radical (unpaired) electrons. The number of fused-ring (bicyclic) bond motifs is 1. The highest BCUT2D eigenvalue weighted by Crippen LogP contribution is 2.27. The molecule has 6 heteroatoms. The SMILES string of the molecule is Cc1occc1C(=O)N1CCc2ncnc(-c3cccc(F)c3)c2CC1. The Morgan fingerprint density at radius 1 is 1.19 bits per heavy atom. The molecule has 0 N–H and O–H groups in total. The van der Waals surface area contributed by atoms with Gasteiger partial charge in [-0.05, 0) is 31.5 Å². The molecule has 0 bridgehead atoms. The first kappa shape index (κ1) is 16.4. The predicted octanol–water partition coefficient (Wildman–Crippen LogP) is 3.43. The minimum Gasteiger partial charge on any atom is -0.469 e. The van der Waals surface area contributed by atoms with Gasteiger partial charge in [0.05, 0.1) is 17.5 Å². The van der Waals surface area contributed by atoms with Crippen molar-refractivity contribution in [2.75, 3.05) is 13.1 Å². The van der Waals surface area contributed by atoms with Crippen LogP contribution in [0.5, 0.6) is 0 Å².